The lowest BCUT2D eigenvalue weighted by Gasteiger charge is -2.60. The predicted octanol–water partition coefficient (Wildman–Crippen LogP) is 2.92. The summed E-state index contributed by atoms with van der Waals surface area (Å²) in [6.07, 6.45) is 7.09. The van der Waals surface area contributed by atoms with E-state index < -0.39 is 46.1 Å². The van der Waals surface area contributed by atoms with Crippen LogP contribution < -0.4 is 20.9 Å². The molecule has 4 bridgehead atoms. The molecular formula is C44H60N6O7. The highest BCUT2D eigenvalue weighted by Gasteiger charge is 2.66. The molecule has 1 aliphatic carbocycles. The van der Waals surface area contributed by atoms with Crippen LogP contribution in [0.1, 0.15) is 74.8 Å². The van der Waals surface area contributed by atoms with Crippen LogP contribution in [-0.4, -0.2) is 125 Å². The normalized spacial score (nSPS) is 35.2. The number of aliphatic hydroxyl groups is 3. The third kappa shape index (κ3) is 5.94. The fraction of sp³-hybridized carbons (Fsp3) is 0.591. The van der Waals surface area contributed by atoms with Crippen molar-refractivity contribution < 1.29 is 34.4 Å². The number of piperidine rings is 1. The van der Waals surface area contributed by atoms with Crippen molar-refractivity contribution in [1.82, 2.24) is 20.2 Å². The summed E-state index contributed by atoms with van der Waals surface area (Å²) in [4.78, 5) is 39.2. The molecule has 0 spiro atoms. The molecular weight excluding hydrogens is 725 g/mol. The number of hydrogen-bond donors (Lipinski definition) is 6. The van der Waals surface area contributed by atoms with Crippen molar-refractivity contribution in [3.63, 3.8) is 0 Å². The van der Waals surface area contributed by atoms with Gasteiger partial charge in [0, 0.05) is 78.6 Å². The SMILES string of the molecule is CCC1(O)C[C@H]2CN(CCc3c([nH]c4ccccc34)[C@@](C(=O)OC)(c3cc4c(cc3OC)N(C)C3CC5N(CC=C[C@@]5(CC)[C@@H](O)[C@]3(O)C(=O)NN)CCC4)C2)C1. The Kier molecular flexibility index (Phi) is 10.3. The number of esters is 1. The van der Waals surface area contributed by atoms with Crippen LogP contribution in [0, 0.1) is 11.3 Å². The highest BCUT2D eigenvalue weighted by Crippen LogP contribution is 2.54. The molecule has 13 nitrogen and oxygen atoms in total. The standard InChI is InChI=1S/C44H60N6O7/c1-6-41(54)23-27-24-43(40(53)57-5,37-30(15-19-49(25-27)26-41)29-13-8-9-14-32(29)46-37)31-20-28-12-10-17-50-18-11-16-42(7-2)35(50)22-36(44(55,38(42)51)39(52)47-45)48(3)33(28)21-34(31)56-4/h8-9,11,13-14,16,20-21,27,35-36,38,46,51,54-55H,6-7,10,12,15,17-19,22-26,45H2,1-5H3,(H,47,52)/t27-,35?,36?,38-,41?,42-,43+,44+/m1/s1. The predicted molar refractivity (Wildman–Crippen MR) is 218 cm³/mol. The van der Waals surface area contributed by atoms with E-state index in [0.29, 0.717) is 69.3 Å². The number of carbonyl (C=O) groups excluding carboxylic acids is 2. The number of H-pyrrole nitrogens is 1. The number of ether oxygens (including phenoxy) is 2. The number of aryl methyl sites for hydroxylation is 1. The maximum absolute atomic E-state index is 15.1. The average molecular weight is 785 g/mol. The highest BCUT2D eigenvalue weighted by atomic mass is 16.5. The quantitative estimate of drug-likeness (QED) is 0.0713. The fourth-order valence-corrected chi connectivity index (χ4v) is 12.0. The number of methoxy groups -OCH3 is 2. The third-order valence-corrected chi connectivity index (χ3v) is 14.8. The van der Waals surface area contributed by atoms with Gasteiger partial charge in [0.1, 0.15) is 17.3 Å². The van der Waals surface area contributed by atoms with Crippen LogP contribution >= 0.6 is 0 Å². The van der Waals surface area contributed by atoms with Gasteiger partial charge in [0.15, 0.2) is 5.60 Å². The summed E-state index contributed by atoms with van der Waals surface area (Å²) < 4.78 is 12.2. The number of nitrogens with zero attached hydrogens (tertiary/aromatic N) is 3. The Morgan fingerprint density at radius 2 is 1.84 bits per heavy atom. The van der Waals surface area contributed by atoms with Crippen LogP contribution in [0.3, 0.4) is 0 Å². The summed E-state index contributed by atoms with van der Waals surface area (Å²) in [5.41, 5.74) is 1.86. The van der Waals surface area contributed by atoms with E-state index in [-0.39, 0.29) is 12.0 Å². The number of carbonyl (C=O) groups is 2. The van der Waals surface area contributed by atoms with Crippen molar-refractivity contribution in [1.29, 1.82) is 0 Å². The van der Waals surface area contributed by atoms with Gasteiger partial charge in [-0.3, -0.25) is 24.8 Å². The molecule has 13 heteroatoms. The number of anilines is 1. The van der Waals surface area contributed by atoms with E-state index in [1.165, 1.54) is 7.11 Å². The summed E-state index contributed by atoms with van der Waals surface area (Å²) in [5, 5.41) is 37.8. The summed E-state index contributed by atoms with van der Waals surface area (Å²) in [7, 11) is 4.88. The number of amides is 1. The molecule has 4 aliphatic heterocycles. The second kappa shape index (κ2) is 14.7. The number of likely N-dealkylation sites (N-methyl/N-ethyl adjacent to an activating group) is 1. The topological polar surface area (TPSA) is 177 Å². The lowest BCUT2D eigenvalue weighted by molar-refractivity contribution is -0.195. The van der Waals surface area contributed by atoms with Gasteiger partial charge in [0.2, 0.25) is 0 Å². The molecule has 1 saturated heterocycles. The van der Waals surface area contributed by atoms with Crippen molar-refractivity contribution in [2.24, 2.45) is 17.2 Å². The van der Waals surface area contributed by atoms with Crippen LogP contribution in [0.15, 0.2) is 48.6 Å². The Bertz CT molecular complexity index is 2070. The zero-order valence-electron chi connectivity index (χ0n) is 34.0. The molecule has 57 heavy (non-hydrogen) atoms. The number of aromatic nitrogens is 1. The van der Waals surface area contributed by atoms with Crippen molar-refractivity contribution in [2.75, 3.05) is 58.9 Å². The first-order valence-corrected chi connectivity index (χ1v) is 20.7. The molecule has 2 aromatic carbocycles. The Labute approximate surface area is 335 Å². The summed E-state index contributed by atoms with van der Waals surface area (Å²) >= 11 is 0. The van der Waals surface area contributed by atoms with Gasteiger partial charge in [-0.15, -0.1) is 0 Å². The maximum Gasteiger partial charge on any atom is 0.322 e. The van der Waals surface area contributed by atoms with Gasteiger partial charge in [-0.25, -0.2) is 5.84 Å². The van der Waals surface area contributed by atoms with Crippen molar-refractivity contribution in [3.05, 3.63) is 70.9 Å². The largest absolute Gasteiger partial charge is 0.496 e. The first kappa shape index (κ1) is 39.8. The summed E-state index contributed by atoms with van der Waals surface area (Å²) in [6.45, 7) is 7.47. The molecule has 1 saturated carbocycles. The molecule has 1 aromatic heterocycles. The average Bonchev–Trinajstić information content (AvgIpc) is 3.61. The number of hydrogen-bond acceptors (Lipinski definition) is 11. The van der Waals surface area contributed by atoms with Crippen molar-refractivity contribution in [2.45, 2.75) is 100 Å². The van der Waals surface area contributed by atoms with E-state index >= 15 is 4.79 Å². The number of hydrazine groups is 1. The molecule has 3 aromatic rings. The van der Waals surface area contributed by atoms with E-state index in [4.69, 9.17) is 15.3 Å². The fourth-order valence-electron chi connectivity index (χ4n) is 12.0. The van der Waals surface area contributed by atoms with E-state index in [1.807, 2.05) is 62.2 Å². The Morgan fingerprint density at radius 3 is 2.56 bits per heavy atom. The lowest BCUT2D eigenvalue weighted by Crippen LogP contribution is -2.77. The zero-order valence-corrected chi connectivity index (χ0v) is 34.0. The van der Waals surface area contributed by atoms with E-state index in [0.717, 1.165) is 59.5 Å². The number of rotatable bonds is 6. The molecule has 9 atom stereocenters. The van der Waals surface area contributed by atoms with Crippen LogP contribution in [0.25, 0.3) is 10.9 Å². The second-order valence-electron chi connectivity index (χ2n) is 17.5. The maximum atomic E-state index is 15.1. The summed E-state index contributed by atoms with van der Waals surface area (Å²) in [6, 6.07) is 11.1. The molecule has 8 rings (SSSR count). The molecule has 1 amide bonds. The van der Waals surface area contributed by atoms with E-state index in [1.54, 1.807) is 7.11 Å². The molecule has 4 unspecified atom stereocenters. The Hall–Kier alpha value is -3.98. The van der Waals surface area contributed by atoms with Gasteiger partial charge in [-0.1, -0.05) is 44.2 Å². The Balaban J connectivity index is 1.36. The van der Waals surface area contributed by atoms with Crippen LogP contribution in [0.4, 0.5) is 5.69 Å². The minimum atomic E-state index is -2.26. The molecule has 308 valence electrons. The second-order valence-corrected chi connectivity index (χ2v) is 17.5. The zero-order chi connectivity index (χ0) is 40.5. The van der Waals surface area contributed by atoms with Crippen LogP contribution in [-0.2, 0) is 32.6 Å². The molecule has 5 aliphatic rings. The highest BCUT2D eigenvalue weighted by molar-refractivity contribution is 5.94. The number of nitrogens with two attached hydrogens (primary N) is 1. The molecule has 2 fully saturated rings. The molecule has 0 radical (unpaired) electrons. The number of aliphatic hydroxyl groups excluding tert-OH is 1. The Morgan fingerprint density at radius 1 is 1.05 bits per heavy atom. The van der Waals surface area contributed by atoms with E-state index in [2.05, 4.69) is 32.3 Å². The van der Waals surface area contributed by atoms with E-state index in [9.17, 15) is 20.1 Å². The lowest BCUT2D eigenvalue weighted by atomic mass is 9.57. The van der Waals surface area contributed by atoms with Gasteiger partial charge in [0.25, 0.3) is 5.91 Å². The number of nitrogens with one attached hydrogen (secondary N) is 2. The van der Waals surface area contributed by atoms with Gasteiger partial charge >= 0.3 is 5.97 Å². The minimum absolute atomic E-state index is 0.0577. The van der Waals surface area contributed by atoms with Gasteiger partial charge < -0.3 is 34.7 Å². The smallest absolute Gasteiger partial charge is 0.322 e. The van der Waals surface area contributed by atoms with Crippen LogP contribution in [0.5, 0.6) is 5.75 Å². The van der Waals surface area contributed by atoms with Gasteiger partial charge in [0.05, 0.1) is 25.9 Å². The minimum Gasteiger partial charge on any atom is -0.496 e. The monoisotopic (exact) mass is 784 g/mol. The number of aromatic amines is 1. The van der Waals surface area contributed by atoms with Crippen molar-refractivity contribution in [3.8, 4) is 5.75 Å². The molecule has 5 heterocycles. The van der Waals surface area contributed by atoms with Gasteiger partial charge in [-0.05, 0) is 87.1 Å². The number of benzene rings is 2. The molecule has 7 N–H and O–H groups in total. The third-order valence-electron chi connectivity index (χ3n) is 14.8. The number of fused-ring (bicyclic) bond motifs is 7. The van der Waals surface area contributed by atoms with Crippen LogP contribution in [0.2, 0.25) is 0 Å². The van der Waals surface area contributed by atoms with Gasteiger partial charge in [-0.2, -0.15) is 0 Å². The summed E-state index contributed by atoms with van der Waals surface area (Å²) in [5.74, 6) is 4.90. The van der Waals surface area contributed by atoms with Crippen molar-refractivity contribution >= 4 is 28.5 Å². The number of para-hydroxylation sites is 1. The first-order chi connectivity index (χ1) is 27.3. The first-order valence-electron chi connectivity index (χ1n) is 20.7.